The van der Waals surface area contributed by atoms with Gasteiger partial charge in [-0.05, 0) is 42.3 Å². The summed E-state index contributed by atoms with van der Waals surface area (Å²) >= 11 is 0. The van der Waals surface area contributed by atoms with Crippen LogP contribution < -0.4 is 5.73 Å². The van der Waals surface area contributed by atoms with Gasteiger partial charge < -0.3 is 10.2 Å². The zero-order valence-corrected chi connectivity index (χ0v) is 11.5. The molecule has 1 aromatic carbocycles. The zero-order valence-electron chi connectivity index (χ0n) is 10.7. The molecular formula is C14H13N3O2S. The molecule has 0 bridgehead atoms. The first-order chi connectivity index (χ1) is 9.72. The average Bonchev–Trinajstić information content (AvgIpc) is 2.89. The van der Waals surface area contributed by atoms with Crippen molar-refractivity contribution in [1.29, 1.82) is 0 Å². The van der Waals surface area contributed by atoms with Crippen molar-refractivity contribution in [3.8, 4) is 0 Å². The molecule has 0 spiro atoms. The monoisotopic (exact) mass is 287 g/mol. The van der Waals surface area contributed by atoms with E-state index in [1.165, 1.54) is 0 Å². The van der Waals surface area contributed by atoms with Gasteiger partial charge in [-0.15, -0.1) is 0 Å². The summed E-state index contributed by atoms with van der Waals surface area (Å²) < 4.78 is 17.7. The lowest BCUT2D eigenvalue weighted by molar-refractivity contribution is 0.477. The van der Waals surface area contributed by atoms with Gasteiger partial charge in [0.05, 0.1) is 0 Å². The maximum atomic E-state index is 12.2. The van der Waals surface area contributed by atoms with Gasteiger partial charge in [-0.1, -0.05) is 0 Å². The van der Waals surface area contributed by atoms with Crippen molar-refractivity contribution >= 4 is 27.6 Å². The number of oxazole rings is 1. The molecule has 3 rings (SSSR count). The summed E-state index contributed by atoms with van der Waals surface area (Å²) in [5.41, 5.74) is 8.62. The first-order valence-corrected chi connectivity index (χ1v) is 7.47. The summed E-state index contributed by atoms with van der Waals surface area (Å²) in [4.78, 5) is 8.18. The summed E-state index contributed by atoms with van der Waals surface area (Å²) in [7, 11) is -1.26. The van der Waals surface area contributed by atoms with Crippen LogP contribution in [0.15, 0.2) is 52.4 Å². The van der Waals surface area contributed by atoms with Crippen LogP contribution in [0.25, 0.3) is 11.1 Å². The number of rotatable bonds is 4. The van der Waals surface area contributed by atoms with E-state index in [0.29, 0.717) is 29.0 Å². The molecule has 3 aromatic rings. The van der Waals surface area contributed by atoms with Crippen molar-refractivity contribution in [3.05, 3.63) is 48.3 Å². The van der Waals surface area contributed by atoms with Gasteiger partial charge in [0, 0.05) is 23.8 Å². The van der Waals surface area contributed by atoms with Crippen LogP contribution in [-0.2, 0) is 17.2 Å². The quantitative estimate of drug-likeness (QED) is 0.743. The lowest BCUT2D eigenvalue weighted by Gasteiger charge is -1.98. The van der Waals surface area contributed by atoms with Gasteiger partial charge in [0.1, 0.15) is 16.3 Å². The van der Waals surface area contributed by atoms with Crippen molar-refractivity contribution < 1.29 is 8.63 Å². The minimum Gasteiger partial charge on any atom is -0.430 e. The van der Waals surface area contributed by atoms with E-state index >= 15 is 0 Å². The average molecular weight is 287 g/mol. The summed E-state index contributed by atoms with van der Waals surface area (Å²) in [6, 6.07) is 8.99. The summed E-state index contributed by atoms with van der Waals surface area (Å²) in [6.45, 7) is 0. The fourth-order valence-electron chi connectivity index (χ4n) is 1.87. The van der Waals surface area contributed by atoms with Crippen LogP contribution >= 0.6 is 0 Å². The van der Waals surface area contributed by atoms with Crippen molar-refractivity contribution in [1.82, 2.24) is 9.97 Å². The molecular weight excluding hydrogens is 274 g/mol. The van der Waals surface area contributed by atoms with Gasteiger partial charge in [0.2, 0.25) is 0 Å². The first-order valence-electron chi connectivity index (χ1n) is 6.16. The predicted octanol–water partition coefficient (Wildman–Crippen LogP) is 2.16. The van der Waals surface area contributed by atoms with Crippen LogP contribution in [0, 0.1) is 0 Å². The third-order valence-corrected chi connectivity index (χ3v) is 4.05. The SMILES string of the molecule is Nc1ccc2oc(S(=O)CCc3ccncc3)nc2c1. The van der Waals surface area contributed by atoms with Gasteiger partial charge in [0.25, 0.3) is 5.22 Å². The van der Waals surface area contributed by atoms with E-state index in [9.17, 15) is 4.21 Å². The highest BCUT2D eigenvalue weighted by atomic mass is 32.2. The van der Waals surface area contributed by atoms with E-state index in [-0.39, 0.29) is 5.22 Å². The smallest absolute Gasteiger partial charge is 0.287 e. The Morgan fingerprint density at radius 3 is 2.80 bits per heavy atom. The molecule has 0 saturated carbocycles. The number of aromatic nitrogens is 2. The van der Waals surface area contributed by atoms with Crippen LogP contribution in [0.4, 0.5) is 5.69 Å². The Kier molecular flexibility index (Phi) is 3.47. The van der Waals surface area contributed by atoms with E-state index in [1.807, 2.05) is 12.1 Å². The largest absolute Gasteiger partial charge is 0.430 e. The van der Waals surface area contributed by atoms with Crippen LogP contribution in [-0.4, -0.2) is 19.9 Å². The number of hydrogen-bond donors (Lipinski definition) is 1. The number of nitrogens with two attached hydrogens (primary N) is 1. The maximum absolute atomic E-state index is 12.2. The van der Waals surface area contributed by atoms with E-state index < -0.39 is 10.8 Å². The Labute approximate surface area is 118 Å². The number of nitrogens with zero attached hydrogens (tertiary/aromatic N) is 2. The lowest BCUT2D eigenvalue weighted by atomic mass is 10.2. The molecule has 0 aliphatic heterocycles. The molecule has 20 heavy (non-hydrogen) atoms. The van der Waals surface area contributed by atoms with Crippen molar-refractivity contribution in [2.75, 3.05) is 11.5 Å². The molecule has 1 atom stereocenters. The minimum absolute atomic E-state index is 0.250. The zero-order chi connectivity index (χ0) is 13.9. The molecule has 102 valence electrons. The molecule has 0 saturated heterocycles. The molecule has 2 aromatic heterocycles. The molecule has 6 heteroatoms. The molecule has 0 aliphatic rings. The molecule has 0 aliphatic carbocycles. The molecule has 2 N–H and O–H groups in total. The summed E-state index contributed by atoms with van der Waals surface area (Å²) in [6.07, 6.45) is 4.14. The topological polar surface area (TPSA) is 82.0 Å². The second-order valence-electron chi connectivity index (χ2n) is 4.36. The van der Waals surface area contributed by atoms with Crippen molar-refractivity contribution in [2.24, 2.45) is 0 Å². The van der Waals surface area contributed by atoms with E-state index in [1.54, 1.807) is 30.6 Å². The predicted molar refractivity (Wildman–Crippen MR) is 77.6 cm³/mol. The van der Waals surface area contributed by atoms with Crippen LogP contribution in [0.3, 0.4) is 0 Å². The highest BCUT2D eigenvalue weighted by Gasteiger charge is 2.13. The third kappa shape index (κ3) is 2.70. The normalized spacial score (nSPS) is 12.6. The number of fused-ring (bicyclic) bond motifs is 1. The fourth-order valence-corrected chi connectivity index (χ4v) is 2.85. The Hall–Kier alpha value is -2.21. The van der Waals surface area contributed by atoms with E-state index in [4.69, 9.17) is 10.2 Å². The van der Waals surface area contributed by atoms with Crippen molar-refractivity contribution in [3.63, 3.8) is 0 Å². The second kappa shape index (κ2) is 5.42. The second-order valence-corrected chi connectivity index (χ2v) is 5.81. The number of nitrogen functional groups attached to an aromatic ring is 1. The fraction of sp³-hybridized carbons (Fsp3) is 0.143. The Balaban J connectivity index is 1.75. The van der Waals surface area contributed by atoms with Gasteiger partial charge in [-0.3, -0.25) is 4.98 Å². The molecule has 0 fully saturated rings. The summed E-state index contributed by atoms with van der Waals surface area (Å²) in [5, 5.41) is 0.250. The maximum Gasteiger partial charge on any atom is 0.287 e. The number of aryl methyl sites for hydroxylation is 1. The molecule has 0 radical (unpaired) electrons. The Morgan fingerprint density at radius 1 is 1.20 bits per heavy atom. The summed E-state index contributed by atoms with van der Waals surface area (Å²) in [5.74, 6) is 0.465. The number of anilines is 1. The molecule has 0 amide bonds. The van der Waals surface area contributed by atoms with Gasteiger partial charge in [-0.2, -0.15) is 0 Å². The number of hydrogen-bond acceptors (Lipinski definition) is 5. The van der Waals surface area contributed by atoms with Gasteiger partial charge in [0.15, 0.2) is 5.58 Å². The van der Waals surface area contributed by atoms with E-state index in [0.717, 1.165) is 5.56 Å². The highest BCUT2D eigenvalue weighted by molar-refractivity contribution is 7.84. The first kappa shape index (κ1) is 12.8. The van der Waals surface area contributed by atoms with Gasteiger partial charge >= 0.3 is 0 Å². The lowest BCUT2D eigenvalue weighted by Crippen LogP contribution is -2.01. The van der Waals surface area contributed by atoms with Gasteiger partial charge in [-0.25, -0.2) is 9.19 Å². The Bertz CT molecular complexity index is 755. The van der Waals surface area contributed by atoms with E-state index in [2.05, 4.69) is 9.97 Å². The minimum atomic E-state index is -1.26. The standard InChI is InChI=1S/C14H13N3O2S/c15-11-1-2-13-12(9-11)17-14(19-13)20(18)8-5-10-3-6-16-7-4-10/h1-4,6-7,9H,5,8,15H2. The van der Waals surface area contributed by atoms with Crippen LogP contribution in [0.1, 0.15) is 5.56 Å². The number of pyridine rings is 1. The Morgan fingerprint density at radius 2 is 2.00 bits per heavy atom. The molecule has 2 heterocycles. The van der Waals surface area contributed by atoms with Crippen LogP contribution in [0.2, 0.25) is 0 Å². The number of benzene rings is 1. The third-order valence-electron chi connectivity index (χ3n) is 2.91. The van der Waals surface area contributed by atoms with Crippen LogP contribution in [0.5, 0.6) is 0 Å². The van der Waals surface area contributed by atoms with Crippen molar-refractivity contribution in [2.45, 2.75) is 11.6 Å². The molecule has 5 nitrogen and oxygen atoms in total. The highest BCUT2D eigenvalue weighted by Crippen LogP contribution is 2.20. The molecule has 1 unspecified atom stereocenters.